The summed E-state index contributed by atoms with van der Waals surface area (Å²) in [5, 5.41) is 3.82. The molecule has 1 heterocycles. The maximum Gasteiger partial charge on any atom is 0.340 e. The van der Waals surface area contributed by atoms with E-state index < -0.39 is 34.4 Å². The van der Waals surface area contributed by atoms with Crippen molar-refractivity contribution in [1.29, 1.82) is 0 Å². The number of esters is 1. The van der Waals surface area contributed by atoms with Crippen molar-refractivity contribution < 1.29 is 27.5 Å². The Morgan fingerprint density at radius 2 is 1.64 bits per heavy atom. The molecule has 10 heteroatoms. The predicted molar refractivity (Wildman–Crippen MR) is 125 cm³/mol. The molecule has 2 aromatic carbocycles. The maximum absolute atomic E-state index is 13.1. The van der Waals surface area contributed by atoms with Crippen LogP contribution in [-0.2, 0) is 19.6 Å². The van der Waals surface area contributed by atoms with Crippen molar-refractivity contribution in [2.24, 2.45) is 0 Å². The van der Waals surface area contributed by atoms with Crippen molar-refractivity contribution in [2.75, 3.05) is 11.3 Å². The lowest BCUT2D eigenvalue weighted by molar-refractivity contribution is -0.123. The van der Waals surface area contributed by atoms with Gasteiger partial charge in [0.05, 0.1) is 21.0 Å². The van der Waals surface area contributed by atoms with Crippen molar-refractivity contribution in [3.63, 3.8) is 0 Å². The van der Waals surface area contributed by atoms with Gasteiger partial charge in [-0.15, -0.1) is 11.3 Å². The molecule has 3 rings (SSSR count). The zero-order valence-electron chi connectivity index (χ0n) is 18.2. The highest BCUT2D eigenvalue weighted by Crippen LogP contribution is 2.26. The monoisotopic (exact) mass is 486 g/mol. The van der Waals surface area contributed by atoms with E-state index in [0.29, 0.717) is 16.0 Å². The fraction of sp³-hybridized carbons (Fsp3) is 0.174. The van der Waals surface area contributed by atoms with Gasteiger partial charge in [-0.3, -0.25) is 19.6 Å². The molecule has 8 nitrogen and oxygen atoms in total. The first-order chi connectivity index (χ1) is 15.6. The molecule has 33 heavy (non-hydrogen) atoms. The van der Waals surface area contributed by atoms with Crippen molar-refractivity contribution in [3.8, 4) is 0 Å². The Hall–Kier alpha value is -3.50. The molecular formula is C23H22N2O6S2. The number of para-hydroxylation sites is 1. The third-order valence-electron chi connectivity index (χ3n) is 4.60. The molecule has 0 atom stereocenters. The van der Waals surface area contributed by atoms with Gasteiger partial charge in [-0.2, -0.15) is 0 Å². The van der Waals surface area contributed by atoms with Crippen LogP contribution in [0.5, 0.6) is 0 Å². The molecule has 2 amide bonds. The zero-order chi connectivity index (χ0) is 24.2. The average Bonchev–Trinajstić information content (AvgIpc) is 3.26. The number of benzene rings is 2. The number of hydrogen-bond acceptors (Lipinski definition) is 7. The molecule has 0 fully saturated rings. The van der Waals surface area contributed by atoms with E-state index >= 15 is 0 Å². The van der Waals surface area contributed by atoms with Crippen LogP contribution in [0.1, 0.15) is 36.7 Å². The number of anilines is 1. The summed E-state index contributed by atoms with van der Waals surface area (Å²) >= 11 is 1.17. The summed E-state index contributed by atoms with van der Waals surface area (Å²) in [5.74, 6) is -2.31. The Morgan fingerprint density at radius 3 is 2.27 bits per heavy atom. The van der Waals surface area contributed by atoms with Gasteiger partial charge in [0.15, 0.2) is 6.61 Å². The van der Waals surface area contributed by atoms with Gasteiger partial charge in [0.25, 0.3) is 21.8 Å². The Labute approximate surface area is 195 Å². The van der Waals surface area contributed by atoms with Gasteiger partial charge in [-0.05, 0) is 55.5 Å². The number of carbonyl (C=O) groups is 3. The molecule has 2 N–H and O–H groups in total. The van der Waals surface area contributed by atoms with Crippen LogP contribution >= 0.6 is 11.3 Å². The van der Waals surface area contributed by atoms with Crippen LogP contribution in [0.25, 0.3) is 0 Å². The Bertz CT molecular complexity index is 1290. The van der Waals surface area contributed by atoms with Crippen LogP contribution in [0.2, 0.25) is 0 Å². The van der Waals surface area contributed by atoms with E-state index in [4.69, 9.17) is 4.74 Å². The Balaban J connectivity index is 1.73. The first-order valence-electron chi connectivity index (χ1n) is 9.83. The molecule has 3 aromatic rings. The zero-order valence-corrected chi connectivity index (χ0v) is 19.8. The van der Waals surface area contributed by atoms with Crippen LogP contribution in [0.15, 0.2) is 58.8 Å². The summed E-state index contributed by atoms with van der Waals surface area (Å²) < 4.78 is 33.6. The SMILES string of the molecule is Cc1cc(C)c(S(=O)(=O)Nc2ccccc2C(=O)OCC(=O)NC(=O)c2cccs2)c(C)c1. The molecule has 0 spiro atoms. The molecule has 0 radical (unpaired) electrons. The highest BCUT2D eigenvalue weighted by atomic mass is 32.2. The number of nitrogens with one attached hydrogen (secondary N) is 2. The summed E-state index contributed by atoms with van der Waals surface area (Å²) in [5.41, 5.74) is 2.03. The van der Waals surface area contributed by atoms with Crippen molar-refractivity contribution >= 4 is 44.8 Å². The third-order valence-corrected chi connectivity index (χ3v) is 7.14. The van der Waals surface area contributed by atoms with Crippen molar-refractivity contribution in [2.45, 2.75) is 25.7 Å². The summed E-state index contributed by atoms with van der Waals surface area (Å²) in [4.78, 5) is 36.9. The lowest BCUT2D eigenvalue weighted by Gasteiger charge is -2.15. The van der Waals surface area contributed by atoms with Crippen LogP contribution in [0.4, 0.5) is 5.69 Å². The van der Waals surface area contributed by atoms with E-state index in [9.17, 15) is 22.8 Å². The van der Waals surface area contributed by atoms with Gasteiger partial charge in [0.2, 0.25) is 0 Å². The molecule has 0 aliphatic rings. The number of imide groups is 1. The Morgan fingerprint density at radius 1 is 0.970 bits per heavy atom. The molecular weight excluding hydrogens is 464 g/mol. The van der Waals surface area contributed by atoms with Crippen molar-refractivity contribution in [3.05, 3.63) is 81.0 Å². The maximum atomic E-state index is 13.1. The summed E-state index contributed by atoms with van der Waals surface area (Å²) in [6.45, 7) is 4.57. The van der Waals surface area contributed by atoms with Crippen LogP contribution in [0, 0.1) is 20.8 Å². The van der Waals surface area contributed by atoms with E-state index in [1.807, 2.05) is 6.92 Å². The topological polar surface area (TPSA) is 119 Å². The molecule has 1 aromatic heterocycles. The van der Waals surface area contributed by atoms with E-state index in [1.165, 1.54) is 29.5 Å². The second-order valence-corrected chi connectivity index (χ2v) is 9.88. The van der Waals surface area contributed by atoms with E-state index in [1.54, 1.807) is 49.6 Å². The molecule has 0 saturated heterocycles. The van der Waals surface area contributed by atoms with Crippen LogP contribution < -0.4 is 10.0 Å². The summed E-state index contributed by atoms with van der Waals surface area (Å²) in [6, 6.07) is 12.7. The van der Waals surface area contributed by atoms with Gasteiger partial charge in [0, 0.05) is 0 Å². The largest absolute Gasteiger partial charge is 0.452 e. The molecule has 172 valence electrons. The van der Waals surface area contributed by atoms with E-state index in [0.717, 1.165) is 5.56 Å². The highest BCUT2D eigenvalue weighted by Gasteiger charge is 2.23. The Kier molecular flexibility index (Phi) is 7.29. The lowest BCUT2D eigenvalue weighted by Crippen LogP contribution is -2.33. The van der Waals surface area contributed by atoms with Crippen LogP contribution in [0.3, 0.4) is 0 Å². The number of aryl methyl sites for hydroxylation is 3. The number of hydrogen-bond donors (Lipinski definition) is 2. The third kappa shape index (κ3) is 5.85. The molecule has 0 aliphatic carbocycles. The molecule has 0 aliphatic heterocycles. The van der Waals surface area contributed by atoms with E-state index in [-0.39, 0.29) is 16.1 Å². The van der Waals surface area contributed by atoms with Crippen LogP contribution in [-0.4, -0.2) is 32.8 Å². The fourth-order valence-electron chi connectivity index (χ4n) is 3.38. The minimum absolute atomic E-state index is 0.0111. The normalized spacial score (nSPS) is 11.0. The number of carbonyl (C=O) groups excluding carboxylic acids is 3. The van der Waals surface area contributed by atoms with Gasteiger partial charge >= 0.3 is 5.97 Å². The second kappa shape index (κ2) is 9.97. The minimum Gasteiger partial charge on any atom is -0.452 e. The molecule has 0 unspecified atom stereocenters. The smallest absolute Gasteiger partial charge is 0.340 e. The first-order valence-corrected chi connectivity index (χ1v) is 12.2. The fourth-order valence-corrected chi connectivity index (χ4v) is 5.53. The first kappa shape index (κ1) is 24.1. The van der Waals surface area contributed by atoms with Gasteiger partial charge < -0.3 is 4.74 Å². The van der Waals surface area contributed by atoms with Gasteiger partial charge in [-0.25, -0.2) is 13.2 Å². The van der Waals surface area contributed by atoms with Gasteiger partial charge in [0.1, 0.15) is 0 Å². The number of sulfonamides is 1. The second-order valence-electron chi connectivity index (χ2n) is 7.31. The predicted octanol–water partition coefficient (Wildman–Crippen LogP) is 3.59. The molecule has 0 saturated carbocycles. The quantitative estimate of drug-likeness (QED) is 0.493. The van der Waals surface area contributed by atoms with Gasteiger partial charge in [-0.1, -0.05) is 35.9 Å². The minimum atomic E-state index is -4.00. The average molecular weight is 487 g/mol. The number of amides is 2. The lowest BCUT2D eigenvalue weighted by atomic mass is 10.1. The highest BCUT2D eigenvalue weighted by molar-refractivity contribution is 7.92. The van der Waals surface area contributed by atoms with Crippen molar-refractivity contribution in [1.82, 2.24) is 5.32 Å². The molecule has 0 bridgehead atoms. The number of rotatable bonds is 7. The van der Waals surface area contributed by atoms with E-state index in [2.05, 4.69) is 10.0 Å². The summed E-state index contributed by atoms with van der Waals surface area (Å²) in [6.07, 6.45) is 0. The summed E-state index contributed by atoms with van der Waals surface area (Å²) in [7, 11) is -4.00. The number of thiophene rings is 1. The standard InChI is InChI=1S/C23H22N2O6S2/c1-14-11-15(2)21(16(3)12-14)33(29,30)25-18-8-5-4-7-17(18)23(28)31-13-20(26)24-22(27)19-9-6-10-32-19/h4-12,25H,13H2,1-3H3,(H,24,26,27). The number of ether oxygens (including phenoxy) is 1.